The minimum atomic E-state index is -1.10. The molecule has 1 atom stereocenters. The quantitative estimate of drug-likeness (QED) is 0.297. The van der Waals surface area contributed by atoms with Crippen LogP contribution in [0.25, 0.3) is 0 Å². The highest BCUT2D eigenvalue weighted by atomic mass is 35.5. The number of allylic oxidation sites excluding steroid dienone is 2. The number of carbonyl (C=O) groups is 1. The molecular formula is C13H12Cl2N2O3. The first-order valence-corrected chi connectivity index (χ1v) is 6.59. The van der Waals surface area contributed by atoms with Crippen LogP contribution in [0.2, 0.25) is 5.15 Å². The molecule has 0 bridgehead atoms. The number of hydrogen-bond acceptors (Lipinski definition) is 5. The van der Waals surface area contributed by atoms with E-state index in [2.05, 4.69) is 10.3 Å². The number of dihydropyridines is 1. The Kier molecular flexibility index (Phi) is 5.00. The van der Waals surface area contributed by atoms with Gasteiger partial charge in [-0.05, 0) is 24.3 Å². The topological polar surface area (TPSA) is 60.5 Å². The van der Waals surface area contributed by atoms with Crippen molar-refractivity contribution in [3.63, 3.8) is 0 Å². The zero-order valence-corrected chi connectivity index (χ0v) is 11.9. The average Bonchev–Trinajstić information content (AvgIpc) is 2.45. The molecule has 20 heavy (non-hydrogen) atoms. The van der Waals surface area contributed by atoms with Crippen molar-refractivity contribution >= 4 is 29.2 Å². The molecule has 0 aliphatic carbocycles. The zero-order chi connectivity index (χ0) is 14.4. The smallest absolute Gasteiger partial charge is 0.341 e. The summed E-state index contributed by atoms with van der Waals surface area (Å²) in [7, 11) is 0. The van der Waals surface area contributed by atoms with E-state index < -0.39 is 11.2 Å². The number of carbonyl (C=O) groups excluding carboxylic acids is 1. The molecule has 1 aliphatic rings. The molecule has 7 heteroatoms. The second-order valence-corrected chi connectivity index (χ2v) is 4.75. The Balaban J connectivity index is 1.76. The molecule has 1 aromatic heterocycles. The van der Waals surface area contributed by atoms with E-state index in [1.54, 1.807) is 30.5 Å². The molecule has 0 radical (unpaired) electrons. The highest BCUT2D eigenvalue weighted by Crippen LogP contribution is 2.18. The van der Waals surface area contributed by atoms with E-state index in [9.17, 15) is 4.79 Å². The highest BCUT2D eigenvalue weighted by Gasteiger charge is 2.24. The molecule has 2 heterocycles. The lowest BCUT2D eigenvalue weighted by molar-refractivity contribution is -0.000815. The van der Waals surface area contributed by atoms with Gasteiger partial charge >= 0.3 is 5.97 Å². The van der Waals surface area contributed by atoms with Crippen molar-refractivity contribution in [1.29, 1.82) is 0 Å². The van der Waals surface area contributed by atoms with Gasteiger partial charge in [0.2, 0.25) is 5.18 Å². The summed E-state index contributed by atoms with van der Waals surface area (Å²) in [5, 5.41) is 1.83. The summed E-state index contributed by atoms with van der Waals surface area (Å²) in [6.07, 6.45) is 8.34. The van der Waals surface area contributed by atoms with Crippen molar-refractivity contribution in [2.45, 2.75) is 5.18 Å². The van der Waals surface area contributed by atoms with E-state index in [4.69, 9.17) is 32.7 Å². The summed E-state index contributed by atoms with van der Waals surface area (Å²) < 4.78 is 10.4. The predicted molar refractivity (Wildman–Crippen MR) is 75.5 cm³/mol. The van der Waals surface area contributed by atoms with E-state index in [0.717, 1.165) is 0 Å². The molecule has 1 unspecified atom stereocenters. The Labute approximate surface area is 126 Å². The number of hydrogen-bond donors (Lipinski definition) is 1. The fraction of sp³-hybridized carbons (Fsp3) is 0.231. The van der Waals surface area contributed by atoms with E-state index in [1.165, 1.54) is 12.3 Å². The summed E-state index contributed by atoms with van der Waals surface area (Å²) in [5.74, 6) is -0.553. The largest absolute Gasteiger partial charge is 0.460 e. The third kappa shape index (κ3) is 3.96. The molecule has 0 spiro atoms. The van der Waals surface area contributed by atoms with Crippen LogP contribution in [0.3, 0.4) is 0 Å². The maximum Gasteiger partial charge on any atom is 0.341 e. The normalized spacial score (nSPS) is 20.5. The van der Waals surface area contributed by atoms with Crippen LogP contribution in [0, 0.1) is 0 Å². The number of nitrogens with zero attached hydrogens (tertiary/aromatic N) is 1. The molecule has 0 saturated carbocycles. The zero-order valence-electron chi connectivity index (χ0n) is 10.4. The first kappa shape index (κ1) is 14.8. The number of nitrogens with one attached hydrogen (secondary N) is 1. The Bertz CT molecular complexity index is 548. The molecule has 0 amide bonds. The fourth-order valence-electron chi connectivity index (χ4n) is 1.48. The first-order valence-electron chi connectivity index (χ1n) is 5.83. The summed E-state index contributed by atoms with van der Waals surface area (Å²) in [4.78, 5) is 15.5. The highest BCUT2D eigenvalue weighted by molar-refractivity contribution is 6.32. The van der Waals surface area contributed by atoms with Gasteiger partial charge in [-0.15, -0.1) is 0 Å². The van der Waals surface area contributed by atoms with Gasteiger partial charge in [-0.1, -0.05) is 29.3 Å². The maximum absolute atomic E-state index is 11.7. The SMILES string of the molecule is O=C(OCCOC1(Cl)C=CC=CN1)c1cccnc1Cl. The second kappa shape index (κ2) is 6.74. The third-order valence-corrected chi connectivity index (χ3v) is 3.05. The first-order chi connectivity index (χ1) is 9.61. The number of esters is 1. The number of alkyl halides is 1. The van der Waals surface area contributed by atoms with Gasteiger partial charge in [0.05, 0.1) is 12.2 Å². The van der Waals surface area contributed by atoms with Gasteiger partial charge in [-0.2, -0.15) is 0 Å². The van der Waals surface area contributed by atoms with Gasteiger partial charge in [-0.3, -0.25) is 0 Å². The van der Waals surface area contributed by atoms with Crippen molar-refractivity contribution in [2.75, 3.05) is 13.2 Å². The van der Waals surface area contributed by atoms with Crippen molar-refractivity contribution in [3.8, 4) is 0 Å². The molecule has 106 valence electrons. The molecule has 0 saturated heterocycles. The van der Waals surface area contributed by atoms with Crippen LogP contribution < -0.4 is 5.32 Å². The standard InChI is InChI=1S/C13H12Cl2N2O3/c14-11-10(4-3-6-16-11)12(18)19-8-9-20-13(15)5-1-2-7-17-13/h1-7,17H,8-9H2. The lowest BCUT2D eigenvalue weighted by Gasteiger charge is -2.25. The summed E-state index contributed by atoms with van der Waals surface area (Å²) in [5.41, 5.74) is 0.216. The van der Waals surface area contributed by atoms with Crippen molar-refractivity contribution < 1.29 is 14.3 Å². The maximum atomic E-state index is 11.7. The predicted octanol–water partition coefficient (Wildman–Crippen LogP) is 2.47. The Hall–Kier alpha value is -1.56. The minimum absolute atomic E-state index is 0.0533. The monoisotopic (exact) mass is 314 g/mol. The van der Waals surface area contributed by atoms with E-state index in [-0.39, 0.29) is 23.9 Å². The number of aromatic nitrogens is 1. The number of pyridine rings is 1. The third-order valence-electron chi connectivity index (χ3n) is 2.41. The molecule has 2 rings (SSSR count). The Morgan fingerprint density at radius 3 is 2.95 bits per heavy atom. The molecule has 0 aromatic carbocycles. The van der Waals surface area contributed by atoms with E-state index in [1.807, 2.05) is 0 Å². The van der Waals surface area contributed by atoms with Gasteiger partial charge in [0.25, 0.3) is 0 Å². The van der Waals surface area contributed by atoms with E-state index >= 15 is 0 Å². The van der Waals surface area contributed by atoms with Crippen LogP contribution in [0.4, 0.5) is 0 Å². The van der Waals surface area contributed by atoms with Gasteiger partial charge in [0.1, 0.15) is 11.8 Å². The van der Waals surface area contributed by atoms with Crippen LogP contribution in [0.5, 0.6) is 0 Å². The number of rotatable bonds is 5. The number of ether oxygens (including phenoxy) is 2. The molecule has 1 aliphatic heterocycles. The second-order valence-electron chi connectivity index (χ2n) is 3.83. The van der Waals surface area contributed by atoms with Gasteiger partial charge in [0, 0.05) is 12.4 Å². The minimum Gasteiger partial charge on any atom is -0.460 e. The van der Waals surface area contributed by atoms with Crippen LogP contribution in [-0.2, 0) is 9.47 Å². The van der Waals surface area contributed by atoms with E-state index in [0.29, 0.717) is 0 Å². The van der Waals surface area contributed by atoms with Crippen molar-refractivity contribution in [1.82, 2.24) is 10.3 Å². The van der Waals surface area contributed by atoms with Crippen molar-refractivity contribution in [3.05, 3.63) is 53.5 Å². The lowest BCUT2D eigenvalue weighted by atomic mass is 10.3. The van der Waals surface area contributed by atoms with Crippen LogP contribution >= 0.6 is 23.2 Å². The van der Waals surface area contributed by atoms with Crippen LogP contribution in [-0.4, -0.2) is 29.4 Å². The summed E-state index contributed by atoms with van der Waals surface area (Å²) in [6, 6.07) is 3.15. The van der Waals surface area contributed by atoms with Crippen LogP contribution in [0.1, 0.15) is 10.4 Å². The lowest BCUT2D eigenvalue weighted by Crippen LogP contribution is -2.39. The van der Waals surface area contributed by atoms with Crippen LogP contribution in [0.15, 0.2) is 42.8 Å². The Morgan fingerprint density at radius 2 is 2.25 bits per heavy atom. The molecule has 1 aromatic rings. The molecule has 0 fully saturated rings. The van der Waals surface area contributed by atoms with Gasteiger partial charge < -0.3 is 14.8 Å². The summed E-state index contributed by atoms with van der Waals surface area (Å²) >= 11 is 11.9. The average molecular weight is 315 g/mol. The van der Waals surface area contributed by atoms with Gasteiger partial charge in [-0.25, -0.2) is 9.78 Å². The molecular weight excluding hydrogens is 303 g/mol. The van der Waals surface area contributed by atoms with Gasteiger partial charge in [0.15, 0.2) is 0 Å². The number of halogens is 2. The molecule has 1 N–H and O–H groups in total. The fourth-order valence-corrected chi connectivity index (χ4v) is 1.88. The Morgan fingerprint density at radius 1 is 1.40 bits per heavy atom. The molecule has 5 nitrogen and oxygen atoms in total. The van der Waals surface area contributed by atoms with Crippen molar-refractivity contribution in [2.24, 2.45) is 0 Å². The summed E-state index contributed by atoms with van der Waals surface area (Å²) in [6.45, 7) is 0.191.